The van der Waals surface area contributed by atoms with Crippen LogP contribution in [0, 0.1) is 0 Å². The van der Waals surface area contributed by atoms with Gasteiger partial charge in [-0.15, -0.1) is 0 Å². The highest BCUT2D eigenvalue weighted by Gasteiger charge is 2.20. The summed E-state index contributed by atoms with van der Waals surface area (Å²) < 4.78 is 1.76. The van der Waals surface area contributed by atoms with Crippen molar-refractivity contribution in [2.24, 2.45) is 7.05 Å². The van der Waals surface area contributed by atoms with E-state index in [4.69, 9.17) is 0 Å². The van der Waals surface area contributed by atoms with Crippen LogP contribution in [0.3, 0.4) is 0 Å². The summed E-state index contributed by atoms with van der Waals surface area (Å²) >= 11 is 0. The molecule has 0 aromatic carbocycles. The largest absolute Gasteiger partial charge is 0.352 e. The molecule has 0 aliphatic carbocycles. The summed E-state index contributed by atoms with van der Waals surface area (Å²) in [4.78, 5) is 34.5. The van der Waals surface area contributed by atoms with Gasteiger partial charge in [0.2, 0.25) is 0 Å². The van der Waals surface area contributed by atoms with E-state index >= 15 is 0 Å². The van der Waals surface area contributed by atoms with E-state index in [1.54, 1.807) is 11.6 Å². The summed E-state index contributed by atoms with van der Waals surface area (Å²) in [6.07, 6.45) is 9.54. The Labute approximate surface area is 181 Å². The van der Waals surface area contributed by atoms with E-state index in [-0.39, 0.29) is 5.91 Å². The van der Waals surface area contributed by atoms with Crippen molar-refractivity contribution in [1.29, 1.82) is 0 Å². The second-order valence-electron chi connectivity index (χ2n) is 7.76. The van der Waals surface area contributed by atoms with Crippen LogP contribution in [0.1, 0.15) is 47.3 Å². The number of nitrogens with one attached hydrogen (secondary N) is 2. The van der Waals surface area contributed by atoms with Gasteiger partial charge in [0.15, 0.2) is 11.8 Å². The molecule has 8 heteroatoms. The number of hydrogen-bond donors (Lipinski definition) is 2. The molecule has 31 heavy (non-hydrogen) atoms. The number of amides is 1. The molecule has 0 bridgehead atoms. The second-order valence-corrected chi connectivity index (χ2v) is 7.76. The summed E-state index contributed by atoms with van der Waals surface area (Å²) in [7, 11) is 3.44. The van der Waals surface area contributed by atoms with Crippen LogP contribution in [0.25, 0.3) is 11.6 Å². The standard InChI is InChI=1S/C23H26N6O2/c1-4-16-10-18-19(26-21(16)14-30)9-15(11-25-18)12-29-7-5-17(6-8-29)20-13-28(3)22(27-20)23(31)24-2/h5,9-11,13,26H,4,6-8,12H2,1-3H3,(H,24,31). The van der Waals surface area contributed by atoms with E-state index in [2.05, 4.69) is 37.6 Å². The third kappa shape index (κ3) is 4.21. The Morgan fingerprint density at radius 1 is 1.39 bits per heavy atom. The van der Waals surface area contributed by atoms with E-state index in [0.29, 0.717) is 11.5 Å². The monoisotopic (exact) mass is 418 g/mol. The molecule has 2 aliphatic rings. The first-order valence-electron chi connectivity index (χ1n) is 10.4. The minimum absolute atomic E-state index is 0.186. The quantitative estimate of drug-likeness (QED) is 0.725. The number of aryl methyl sites for hydroxylation is 1. The highest BCUT2D eigenvalue weighted by atomic mass is 16.2. The Morgan fingerprint density at radius 2 is 2.23 bits per heavy atom. The fraction of sp³-hybridized carbons (Fsp3) is 0.348. The highest BCUT2D eigenvalue weighted by molar-refractivity contribution is 5.91. The Bertz CT molecular complexity index is 1140. The van der Waals surface area contributed by atoms with Crippen LogP contribution in [0.15, 0.2) is 35.8 Å². The van der Waals surface area contributed by atoms with Gasteiger partial charge in [-0.25, -0.2) is 9.78 Å². The molecular weight excluding hydrogens is 392 g/mol. The van der Waals surface area contributed by atoms with Crippen LogP contribution < -0.4 is 10.6 Å². The first-order valence-corrected chi connectivity index (χ1v) is 10.4. The lowest BCUT2D eigenvalue weighted by Gasteiger charge is -2.26. The van der Waals surface area contributed by atoms with Gasteiger partial charge in [-0.1, -0.05) is 13.0 Å². The van der Waals surface area contributed by atoms with Gasteiger partial charge < -0.3 is 15.2 Å². The lowest BCUT2D eigenvalue weighted by molar-refractivity contribution is 0.0949. The zero-order chi connectivity index (χ0) is 22.0. The maximum absolute atomic E-state index is 11.9. The maximum atomic E-state index is 11.9. The number of allylic oxidation sites excluding steroid dienone is 1. The number of rotatable bonds is 5. The summed E-state index contributed by atoms with van der Waals surface area (Å²) in [5.41, 5.74) is 6.20. The zero-order valence-electron chi connectivity index (χ0n) is 18.0. The third-order valence-electron chi connectivity index (χ3n) is 5.68. The van der Waals surface area contributed by atoms with Crippen molar-refractivity contribution in [3.8, 4) is 0 Å². The molecule has 160 valence electrons. The fourth-order valence-corrected chi connectivity index (χ4v) is 3.93. The predicted molar refractivity (Wildman–Crippen MR) is 120 cm³/mol. The fourth-order valence-electron chi connectivity index (χ4n) is 3.93. The minimum atomic E-state index is -0.186. The molecule has 0 radical (unpaired) electrons. The molecule has 0 fully saturated rings. The number of carbonyl (C=O) groups is 1. The number of carbonyl (C=O) groups excluding carboxylic acids is 2. The van der Waals surface area contributed by atoms with Crippen molar-refractivity contribution in [2.75, 3.05) is 25.5 Å². The first kappa shape index (κ1) is 20.8. The van der Waals surface area contributed by atoms with Crippen molar-refractivity contribution >= 4 is 29.2 Å². The Morgan fingerprint density at radius 3 is 2.90 bits per heavy atom. The molecule has 4 rings (SSSR count). The van der Waals surface area contributed by atoms with Gasteiger partial charge in [0.1, 0.15) is 5.70 Å². The lowest BCUT2D eigenvalue weighted by atomic mass is 10.0. The Kier molecular flexibility index (Phi) is 5.84. The Hall–Kier alpha value is -3.48. The predicted octanol–water partition coefficient (Wildman–Crippen LogP) is 2.40. The van der Waals surface area contributed by atoms with Crippen LogP contribution in [0.4, 0.5) is 5.69 Å². The molecule has 0 unspecified atom stereocenters. The maximum Gasteiger partial charge on any atom is 0.287 e. The molecule has 2 aromatic heterocycles. The SMILES string of the molecule is CCC1=Cc2ncc(CN3CC=C(c4cn(C)c(C(=O)NC)n4)CC3)cc2NC1=C=O. The molecule has 0 saturated carbocycles. The molecule has 2 aliphatic heterocycles. The summed E-state index contributed by atoms with van der Waals surface area (Å²) in [5, 5.41) is 5.78. The van der Waals surface area contributed by atoms with Crippen LogP contribution >= 0.6 is 0 Å². The van der Waals surface area contributed by atoms with Crippen LogP contribution in [-0.2, 0) is 18.4 Å². The smallest absolute Gasteiger partial charge is 0.287 e. The lowest BCUT2D eigenvalue weighted by Crippen LogP contribution is -2.28. The molecule has 1 amide bonds. The van der Waals surface area contributed by atoms with Crippen molar-refractivity contribution in [2.45, 2.75) is 26.3 Å². The van der Waals surface area contributed by atoms with E-state index in [1.165, 1.54) is 0 Å². The summed E-state index contributed by atoms with van der Waals surface area (Å²) in [5.74, 6) is 2.22. The van der Waals surface area contributed by atoms with E-state index < -0.39 is 0 Å². The van der Waals surface area contributed by atoms with Crippen LogP contribution in [-0.4, -0.2) is 51.4 Å². The third-order valence-corrected chi connectivity index (χ3v) is 5.68. The van der Waals surface area contributed by atoms with Gasteiger partial charge >= 0.3 is 0 Å². The summed E-state index contributed by atoms with van der Waals surface area (Å²) in [6, 6.07) is 2.05. The topological polar surface area (TPSA) is 92.2 Å². The number of nitrogens with zero attached hydrogens (tertiary/aromatic N) is 4. The Balaban J connectivity index is 1.45. The van der Waals surface area contributed by atoms with Crippen molar-refractivity contribution in [1.82, 2.24) is 24.8 Å². The number of aromatic nitrogens is 3. The molecule has 0 saturated heterocycles. The minimum Gasteiger partial charge on any atom is -0.352 e. The molecule has 4 heterocycles. The van der Waals surface area contributed by atoms with Crippen LogP contribution in [0.5, 0.6) is 0 Å². The molecule has 0 atom stereocenters. The van der Waals surface area contributed by atoms with Crippen LogP contribution in [0.2, 0.25) is 0 Å². The summed E-state index contributed by atoms with van der Waals surface area (Å²) in [6.45, 7) is 4.46. The van der Waals surface area contributed by atoms with E-state index in [1.807, 2.05) is 38.4 Å². The van der Waals surface area contributed by atoms with Gasteiger partial charge in [0.05, 0.1) is 17.1 Å². The van der Waals surface area contributed by atoms with E-state index in [9.17, 15) is 9.59 Å². The van der Waals surface area contributed by atoms with Gasteiger partial charge in [-0.3, -0.25) is 14.7 Å². The number of anilines is 1. The van der Waals surface area contributed by atoms with Crippen molar-refractivity contribution < 1.29 is 9.59 Å². The number of pyridine rings is 1. The molecule has 2 N–H and O–H groups in total. The van der Waals surface area contributed by atoms with Gasteiger partial charge in [-0.05, 0) is 41.7 Å². The number of hydrogen-bond acceptors (Lipinski definition) is 6. The van der Waals surface area contributed by atoms with E-state index in [0.717, 1.165) is 66.3 Å². The molecule has 2 aromatic rings. The molecular formula is C23H26N6O2. The normalized spacial score (nSPS) is 16.0. The number of fused-ring (bicyclic) bond motifs is 1. The molecule has 8 nitrogen and oxygen atoms in total. The van der Waals surface area contributed by atoms with Gasteiger partial charge in [-0.2, -0.15) is 0 Å². The second kappa shape index (κ2) is 8.71. The van der Waals surface area contributed by atoms with Crippen molar-refractivity contribution in [3.05, 3.63) is 58.6 Å². The first-order chi connectivity index (χ1) is 15.0. The zero-order valence-corrected chi connectivity index (χ0v) is 18.0. The van der Waals surface area contributed by atoms with Gasteiger partial charge in [0, 0.05) is 46.1 Å². The van der Waals surface area contributed by atoms with Crippen molar-refractivity contribution in [3.63, 3.8) is 0 Å². The van der Waals surface area contributed by atoms with Gasteiger partial charge in [0.25, 0.3) is 5.91 Å². The average Bonchev–Trinajstić information content (AvgIpc) is 3.19. The highest BCUT2D eigenvalue weighted by Crippen LogP contribution is 2.29. The number of imidazole rings is 1. The average molecular weight is 419 g/mol. The molecule has 0 spiro atoms.